The standard InChI is InChI=1S/C9H10O2.C2H6O/c1-2-11-9-5-3-4-8(6-9)7-10;1-3-2/h3-7H,2H2,1H3;1-2H3. The van der Waals surface area contributed by atoms with Gasteiger partial charge in [-0.1, -0.05) is 12.1 Å². The molecule has 3 heteroatoms. The van der Waals surface area contributed by atoms with Crippen LogP contribution in [0.5, 0.6) is 5.75 Å². The van der Waals surface area contributed by atoms with Crippen molar-refractivity contribution in [2.45, 2.75) is 6.92 Å². The summed E-state index contributed by atoms with van der Waals surface area (Å²) in [5.41, 5.74) is 0.649. The van der Waals surface area contributed by atoms with Crippen LogP contribution < -0.4 is 4.74 Å². The first kappa shape index (κ1) is 12.7. The average Bonchev–Trinajstić information content (AvgIpc) is 2.20. The third-order valence-corrected chi connectivity index (χ3v) is 1.31. The molecule has 78 valence electrons. The van der Waals surface area contributed by atoms with E-state index in [-0.39, 0.29) is 0 Å². The molecule has 1 aromatic rings. The number of rotatable bonds is 3. The lowest BCUT2D eigenvalue weighted by atomic mass is 10.2. The maximum absolute atomic E-state index is 10.3. The number of benzene rings is 1. The Morgan fingerprint density at radius 3 is 2.50 bits per heavy atom. The van der Waals surface area contributed by atoms with Gasteiger partial charge in [-0.3, -0.25) is 4.79 Å². The Balaban J connectivity index is 0.000000500. The summed E-state index contributed by atoms with van der Waals surface area (Å²) in [6.45, 7) is 2.54. The highest BCUT2D eigenvalue weighted by atomic mass is 16.5. The fraction of sp³-hybridized carbons (Fsp3) is 0.364. The molecular weight excluding hydrogens is 180 g/mol. The summed E-state index contributed by atoms with van der Waals surface area (Å²) < 4.78 is 9.44. The molecular formula is C11H16O3. The van der Waals surface area contributed by atoms with Crippen molar-refractivity contribution < 1.29 is 14.3 Å². The molecule has 0 heterocycles. The third kappa shape index (κ3) is 5.32. The number of methoxy groups -OCH3 is 1. The number of carbonyl (C=O) groups excluding carboxylic acids is 1. The molecule has 0 fully saturated rings. The monoisotopic (exact) mass is 196 g/mol. The lowest BCUT2D eigenvalue weighted by molar-refractivity contribution is 0.112. The van der Waals surface area contributed by atoms with Crippen molar-refractivity contribution in [1.82, 2.24) is 0 Å². The van der Waals surface area contributed by atoms with Gasteiger partial charge in [0, 0.05) is 19.8 Å². The van der Waals surface area contributed by atoms with Crippen LogP contribution in [0.4, 0.5) is 0 Å². The summed E-state index contributed by atoms with van der Waals surface area (Å²) in [6, 6.07) is 7.09. The molecule has 3 nitrogen and oxygen atoms in total. The van der Waals surface area contributed by atoms with Crippen LogP contribution in [-0.4, -0.2) is 27.1 Å². The van der Waals surface area contributed by atoms with Crippen molar-refractivity contribution in [2.75, 3.05) is 20.8 Å². The Kier molecular flexibility index (Phi) is 7.46. The van der Waals surface area contributed by atoms with Crippen LogP contribution in [0.1, 0.15) is 17.3 Å². The second kappa shape index (κ2) is 8.26. The van der Waals surface area contributed by atoms with E-state index in [2.05, 4.69) is 4.74 Å². The Hall–Kier alpha value is -1.35. The molecule has 1 rings (SSSR count). The van der Waals surface area contributed by atoms with Gasteiger partial charge in [0.15, 0.2) is 0 Å². The molecule has 0 aromatic heterocycles. The van der Waals surface area contributed by atoms with Gasteiger partial charge in [-0.15, -0.1) is 0 Å². The van der Waals surface area contributed by atoms with Crippen LogP contribution in [0.25, 0.3) is 0 Å². The fourth-order valence-corrected chi connectivity index (χ4v) is 0.844. The molecule has 0 aliphatic heterocycles. The molecule has 0 saturated carbocycles. The maximum atomic E-state index is 10.3. The second-order valence-electron chi connectivity index (χ2n) is 2.53. The van der Waals surface area contributed by atoms with E-state index in [4.69, 9.17) is 4.74 Å². The van der Waals surface area contributed by atoms with E-state index >= 15 is 0 Å². The Morgan fingerprint density at radius 1 is 1.36 bits per heavy atom. The topological polar surface area (TPSA) is 35.5 Å². The highest BCUT2D eigenvalue weighted by Crippen LogP contribution is 2.11. The van der Waals surface area contributed by atoms with Gasteiger partial charge in [0.2, 0.25) is 0 Å². The summed E-state index contributed by atoms with van der Waals surface area (Å²) in [5.74, 6) is 0.747. The number of hydrogen-bond acceptors (Lipinski definition) is 3. The minimum atomic E-state index is 0.627. The number of ether oxygens (including phenoxy) is 2. The normalized spacial score (nSPS) is 8.50. The van der Waals surface area contributed by atoms with Crippen molar-refractivity contribution in [3.05, 3.63) is 29.8 Å². The molecule has 0 spiro atoms. The summed E-state index contributed by atoms with van der Waals surface area (Å²) in [6.07, 6.45) is 0.808. The maximum Gasteiger partial charge on any atom is 0.150 e. The first-order chi connectivity index (χ1) is 6.78. The predicted octanol–water partition coefficient (Wildman–Crippen LogP) is 2.16. The van der Waals surface area contributed by atoms with Crippen LogP contribution in [-0.2, 0) is 4.74 Å². The molecule has 0 aliphatic rings. The summed E-state index contributed by atoms with van der Waals surface area (Å²) >= 11 is 0. The van der Waals surface area contributed by atoms with Gasteiger partial charge in [0.1, 0.15) is 12.0 Å². The lowest BCUT2D eigenvalue weighted by Gasteiger charge is -2.01. The molecule has 0 N–H and O–H groups in total. The van der Waals surface area contributed by atoms with E-state index in [0.29, 0.717) is 12.2 Å². The number of hydrogen-bond donors (Lipinski definition) is 0. The quantitative estimate of drug-likeness (QED) is 0.695. The molecule has 0 aliphatic carbocycles. The Morgan fingerprint density at radius 2 is 2.00 bits per heavy atom. The zero-order chi connectivity index (χ0) is 10.8. The van der Waals surface area contributed by atoms with Crippen LogP contribution in [0.15, 0.2) is 24.3 Å². The van der Waals surface area contributed by atoms with E-state index in [0.717, 1.165) is 12.0 Å². The van der Waals surface area contributed by atoms with Gasteiger partial charge >= 0.3 is 0 Å². The fourth-order valence-electron chi connectivity index (χ4n) is 0.844. The Labute approximate surface area is 84.7 Å². The SMILES string of the molecule is CCOc1cccc(C=O)c1.COC. The van der Waals surface area contributed by atoms with Crippen molar-refractivity contribution in [1.29, 1.82) is 0 Å². The molecule has 0 bridgehead atoms. The largest absolute Gasteiger partial charge is 0.494 e. The minimum Gasteiger partial charge on any atom is -0.494 e. The van der Waals surface area contributed by atoms with E-state index in [9.17, 15) is 4.79 Å². The van der Waals surface area contributed by atoms with E-state index in [1.807, 2.05) is 13.0 Å². The van der Waals surface area contributed by atoms with Gasteiger partial charge in [-0.2, -0.15) is 0 Å². The van der Waals surface area contributed by atoms with Gasteiger partial charge in [-0.05, 0) is 19.1 Å². The first-order valence-electron chi connectivity index (χ1n) is 4.36. The highest BCUT2D eigenvalue weighted by Gasteiger charge is 1.92. The summed E-state index contributed by atoms with van der Waals surface area (Å²) in [7, 11) is 3.25. The van der Waals surface area contributed by atoms with Gasteiger partial charge in [-0.25, -0.2) is 0 Å². The van der Waals surface area contributed by atoms with Gasteiger partial charge in [0.05, 0.1) is 6.61 Å². The molecule has 14 heavy (non-hydrogen) atoms. The summed E-state index contributed by atoms with van der Waals surface area (Å²) in [5, 5.41) is 0. The number of carbonyl (C=O) groups is 1. The van der Waals surface area contributed by atoms with Crippen LogP contribution in [0.2, 0.25) is 0 Å². The van der Waals surface area contributed by atoms with Crippen LogP contribution in [0, 0.1) is 0 Å². The minimum absolute atomic E-state index is 0.627. The predicted molar refractivity (Wildman–Crippen MR) is 55.9 cm³/mol. The summed E-state index contributed by atoms with van der Waals surface area (Å²) in [4.78, 5) is 10.3. The zero-order valence-electron chi connectivity index (χ0n) is 8.82. The molecule has 0 radical (unpaired) electrons. The molecule has 1 aromatic carbocycles. The molecule has 0 atom stereocenters. The van der Waals surface area contributed by atoms with E-state index < -0.39 is 0 Å². The highest BCUT2D eigenvalue weighted by molar-refractivity contribution is 5.75. The van der Waals surface area contributed by atoms with Crippen molar-refractivity contribution in [2.24, 2.45) is 0 Å². The van der Waals surface area contributed by atoms with Crippen LogP contribution >= 0.6 is 0 Å². The second-order valence-corrected chi connectivity index (χ2v) is 2.53. The van der Waals surface area contributed by atoms with E-state index in [1.54, 1.807) is 32.4 Å². The third-order valence-electron chi connectivity index (χ3n) is 1.31. The smallest absolute Gasteiger partial charge is 0.150 e. The Bertz CT molecular complexity index is 258. The van der Waals surface area contributed by atoms with Gasteiger partial charge < -0.3 is 9.47 Å². The molecule has 0 unspecified atom stereocenters. The van der Waals surface area contributed by atoms with Crippen molar-refractivity contribution in [3.63, 3.8) is 0 Å². The number of aldehydes is 1. The zero-order valence-corrected chi connectivity index (χ0v) is 8.82. The van der Waals surface area contributed by atoms with Gasteiger partial charge in [0.25, 0.3) is 0 Å². The van der Waals surface area contributed by atoms with Crippen molar-refractivity contribution in [3.8, 4) is 5.75 Å². The van der Waals surface area contributed by atoms with Crippen LogP contribution in [0.3, 0.4) is 0 Å². The average molecular weight is 196 g/mol. The molecule has 0 amide bonds. The first-order valence-corrected chi connectivity index (χ1v) is 4.36. The molecule has 0 saturated heterocycles. The van der Waals surface area contributed by atoms with E-state index in [1.165, 1.54) is 0 Å². The lowest BCUT2D eigenvalue weighted by Crippen LogP contribution is -1.91. The van der Waals surface area contributed by atoms with Crippen molar-refractivity contribution >= 4 is 6.29 Å².